The zero-order valence-corrected chi connectivity index (χ0v) is 13.6. The van der Waals surface area contributed by atoms with Crippen molar-refractivity contribution in [1.29, 1.82) is 0 Å². The fourth-order valence-electron chi connectivity index (χ4n) is 2.51. The molecule has 1 heterocycles. The fourth-order valence-corrected chi connectivity index (χ4v) is 3.51. The van der Waals surface area contributed by atoms with Gasteiger partial charge >= 0.3 is 0 Å². The molecule has 1 unspecified atom stereocenters. The maximum absolute atomic E-state index is 3.71. The molecule has 0 saturated heterocycles. The molecule has 0 aliphatic carbocycles. The second-order valence-electron chi connectivity index (χ2n) is 5.29. The lowest BCUT2D eigenvalue weighted by Crippen LogP contribution is -2.24. The summed E-state index contributed by atoms with van der Waals surface area (Å²) >= 11 is 1.96. The van der Waals surface area contributed by atoms with Gasteiger partial charge in [-0.3, -0.25) is 0 Å². The molecule has 0 saturated carbocycles. The summed E-state index contributed by atoms with van der Waals surface area (Å²) < 4.78 is 0. The predicted octanol–water partition coefficient (Wildman–Crippen LogP) is 4.90. The van der Waals surface area contributed by atoms with Crippen LogP contribution in [0.4, 0.5) is 0 Å². The van der Waals surface area contributed by atoms with Crippen LogP contribution in [-0.2, 0) is 12.8 Å². The third-order valence-electron chi connectivity index (χ3n) is 3.68. The van der Waals surface area contributed by atoms with Crippen molar-refractivity contribution in [3.8, 4) is 0 Å². The summed E-state index contributed by atoms with van der Waals surface area (Å²) in [6, 6.07) is 13.7. The molecule has 1 aromatic heterocycles. The SMILES string of the molecule is CCCNC(Cc1ccc(CC)s1)c1ccccc1C. The van der Waals surface area contributed by atoms with Gasteiger partial charge in [-0.15, -0.1) is 11.3 Å². The van der Waals surface area contributed by atoms with Gasteiger partial charge in [0.05, 0.1) is 0 Å². The Hall–Kier alpha value is -1.12. The van der Waals surface area contributed by atoms with Crippen LogP contribution < -0.4 is 5.32 Å². The number of hydrogen-bond acceptors (Lipinski definition) is 2. The van der Waals surface area contributed by atoms with Crippen LogP contribution in [0, 0.1) is 6.92 Å². The molecule has 1 nitrogen and oxygen atoms in total. The smallest absolute Gasteiger partial charge is 0.0371 e. The Bertz CT molecular complexity index is 530. The van der Waals surface area contributed by atoms with Crippen molar-refractivity contribution in [3.05, 3.63) is 57.3 Å². The van der Waals surface area contributed by atoms with Crippen molar-refractivity contribution in [2.75, 3.05) is 6.54 Å². The number of benzene rings is 1. The van der Waals surface area contributed by atoms with E-state index in [4.69, 9.17) is 0 Å². The van der Waals surface area contributed by atoms with E-state index in [0.29, 0.717) is 6.04 Å². The third-order valence-corrected chi connectivity index (χ3v) is 4.93. The number of aryl methyl sites for hydroxylation is 2. The van der Waals surface area contributed by atoms with Crippen molar-refractivity contribution < 1.29 is 0 Å². The van der Waals surface area contributed by atoms with Gasteiger partial charge in [-0.1, -0.05) is 38.1 Å². The average molecular weight is 287 g/mol. The summed E-state index contributed by atoms with van der Waals surface area (Å²) in [5, 5.41) is 3.71. The first kappa shape index (κ1) is 15.3. The van der Waals surface area contributed by atoms with Gasteiger partial charge in [-0.25, -0.2) is 0 Å². The maximum atomic E-state index is 3.71. The molecule has 2 rings (SSSR count). The van der Waals surface area contributed by atoms with Gasteiger partial charge in [0.1, 0.15) is 0 Å². The average Bonchev–Trinajstić information content (AvgIpc) is 2.92. The molecule has 1 aromatic carbocycles. The van der Waals surface area contributed by atoms with Gasteiger partial charge in [0.2, 0.25) is 0 Å². The first-order valence-electron chi connectivity index (χ1n) is 7.61. The molecule has 2 heteroatoms. The Morgan fingerprint density at radius 3 is 2.45 bits per heavy atom. The van der Waals surface area contributed by atoms with Gasteiger partial charge < -0.3 is 5.32 Å². The normalized spacial score (nSPS) is 12.6. The zero-order chi connectivity index (χ0) is 14.4. The van der Waals surface area contributed by atoms with Crippen LogP contribution in [0.1, 0.15) is 47.2 Å². The quantitative estimate of drug-likeness (QED) is 0.763. The van der Waals surface area contributed by atoms with Crippen molar-refractivity contribution in [2.45, 2.75) is 46.1 Å². The summed E-state index contributed by atoms with van der Waals surface area (Å²) in [4.78, 5) is 2.97. The van der Waals surface area contributed by atoms with Gasteiger partial charge in [-0.05, 0) is 49.6 Å². The first-order valence-corrected chi connectivity index (χ1v) is 8.42. The van der Waals surface area contributed by atoms with Crippen molar-refractivity contribution in [2.24, 2.45) is 0 Å². The minimum atomic E-state index is 0.430. The molecular weight excluding hydrogens is 262 g/mol. The van der Waals surface area contributed by atoms with E-state index in [9.17, 15) is 0 Å². The Labute approximate surface area is 127 Å². The third kappa shape index (κ3) is 3.94. The number of thiophene rings is 1. The summed E-state index contributed by atoms with van der Waals surface area (Å²) in [5.74, 6) is 0. The van der Waals surface area contributed by atoms with E-state index < -0.39 is 0 Å². The molecular formula is C18H25NS. The largest absolute Gasteiger partial charge is 0.310 e. The van der Waals surface area contributed by atoms with Crippen LogP contribution in [0.5, 0.6) is 0 Å². The van der Waals surface area contributed by atoms with E-state index in [1.165, 1.54) is 27.3 Å². The lowest BCUT2D eigenvalue weighted by atomic mass is 9.98. The predicted molar refractivity (Wildman–Crippen MR) is 89.6 cm³/mol. The Morgan fingerprint density at radius 1 is 1.05 bits per heavy atom. The lowest BCUT2D eigenvalue weighted by molar-refractivity contribution is 0.530. The highest BCUT2D eigenvalue weighted by Gasteiger charge is 2.14. The number of hydrogen-bond donors (Lipinski definition) is 1. The molecule has 2 aromatic rings. The molecule has 0 aliphatic heterocycles. The fraction of sp³-hybridized carbons (Fsp3) is 0.444. The standard InChI is InChI=1S/C18H25NS/c1-4-12-19-18(17-9-7-6-8-14(17)3)13-16-11-10-15(5-2)20-16/h6-11,18-19H,4-5,12-13H2,1-3H3. The second kappa shape index (κ2) is 7.61. The van der Waals surface area contributed by atoms with E-state index in [0.717, 1.165) is 19.4 Å². The van der Waals surface area contributed by atoms with Crippen LogP contribution in [0.15, 0.2) is 36.4 Å². The maximum Gasteiger partial charge on any atom is 0.0371 e. The van der Waals surface area contributed by atoms with Crippen LogP contribution in [0.25, 0.3) is 0 Å². The molecule has 1 atom stereocenters. The van der Waals surface area contributed by atoms with E-state index in [1.807, 2.05) is 11.3 Å². The lowest BCUT2D eigenvalue weighted by Gasteiger charge is -2.20. The van der Waals surface area contributed by atoms with E-state index in [-0.39, 0.29) is 0 Å². The van der Waals surface area contributed by atoms with Gasteiger partial charge in [0.25, 0.3) is 0 Å². The summed E-state index contributed by atoms with van der Waals surface area (Å²) in [7, 11) is 0. The van der Waals surface area contributed by atoms with Gasteiger partial charge in [0.15, 0.2) is 0 Å². The molecule has 0 aliphatic rings. The molecule has 0 radical (unpaired) electrons. The van der Waals surface area contributed by atoms with Crippen LogP contribution in [0.3, 0.4) is 0 Å². The highest BCUT2D eigenvalue weighted by atomic mass is 32.1. The topological polar surface area (TPSA) is 12.0 Å². The number of nitrogens with one attached hydrogen (secondary N) is 1. The molecule has 20 heavy (non-hydrogen) atoms. The van der Waals surface area contributed by atoms with Crippen molar-refractivity contribution >= 4 is 11.3 Å². The molecule has 0 fully saturated rings. The molecule has 0 spiro atoms. The summed E-state index contributed by atoms with van der Waals surface area (Å²) in [6.45, 7) is 7.73. The minimum absolute atomic E-state index is 0.430. The highest BCUT2D eigenvalue weighted by Crippen LogP contribution is 2.26. The van der Waals surface area contributed by atoms with Gasteiger partial charge in [0, 0.05) is 22.2 Å². The summed E-state index contributed by atoms with van der Waals surface area (Å²) in [6.07, 6.45) is 3.41. The second-order valence-corrected chi connectivity index (χ2v) is 6.54. The Balaban J connectivity index is 2.17. The molecule has 108 valence electrons. The van der Waals surface area contributed by atoms with Crippen molar-refractivity contribution in [1.82, 2.24) is 5.32 Å². The Morgan fingerprint density at radius 2 is 1.80 bits per heavy atom. The minimum Gasteiger partial charge on any atom is -0.310 e. The molecule has 1 N–H and O–H groups in total. The van der Waals surface area contributed by atoms with E-state index >= 15 is 0 Å². The highest BCUT2D eigenvalue weighted by molar-refractivity contribution is 7.11. The molecule has 0 amide bonds. The van der Waals surface area contributed by atoms with Crippen LogP contribution >= 0.6 is 11.3 Å². The van der Waals surface area contributed by atoms with Crippen LogP contribution in [0.2, 0.25) is 0 Å². The van der Waals surface area contributed by atoms with E-state index in [1.54, 1.807) is 0 Å². The number of rotatable bonds is 7. The van der Waals surface area contributed by atoms with E-state index in [2.05, 4.69) is 62.5 Å². The monoisotopic (exact) mass is 287 g/mol. The van der Waals surface area contributed by atoms with Crippen LogP contribution in [-0.4, -0.2) is 6.54 Å². The zero-order valence-electron chi connectivity index (χ0n) is 12.8. The molecule has 0 bridgehead atoms. The van der Waals surface area contributed by atoms with Gasteiger partial charge in [-0.2, -0.15) is 0 Å². The van der Waals surface area contributed by atoms with Crippen molar-refractivity contribution in [3.63, 3.8) is 0 Å². The first-order chi connectivity index (χ1) is 9.74. The Kier molecular flexibility index (Phi) is 5.81. The summed E-state index contributed by atoms with van der Waals surface area (Å²) in [5.41, 5.74) is 2.82.